The molecule has 0 heterocycles. The van der Waals surface area contributed by atoms with Gasteiger partial charge in [-0.1, -0.05) is 61.5 Å². The molecule has 226 valence electrons. The lowest BCUT2D eigenvalue weighted by atomic mass is 9.98. The summed E-state index contributed by atoms with van der Waals surface area (Å²) in [6.45, 7) is 16.8. The molecule has 0 saturated heterocycles. The van der Waals surface area contributed by atoms with E-state index in [1.807, 2.05) is 41.5 Å². The summed E-state index contributed by atoms with van der Waals surface area (Å²) in [5.74, 6) is -1.71. The molecule has 0 spiro atoms. The predicted molar refractivity (Wildman–Crippen MR) is 150 cm³/mol. The summed E-state index contributed by atoms with van der Waals surface area (Å²) in [4.78, 5) is 49.5. The zero-order valence-electron chi connectivity index (χ0n) is 25.4. The second kappa shape index (κ2) is 16.8. The van der Waals surface area contributed by atoms with Gasteiger partial charge in [0.2, 0.25) is 0 Å². The third-order valence-electron chi connectivity index (χ3n) is 6.60. The quantitative estimate of drug-likeness (QED) is 0.226. The molecule has 0 fully saturated rings. The van der Waals surface area contributed by atoms with Gasteiger partial charge in [0.05, 0.1) is 18.4 Å². The van der Waals surface area contributed by atoms with Crippen molar-refractivity contribution >= 4 is 24.1 Å². The summed E-state index contributed by atoms with van der Waals surface area (Å²) >= 11 is 0. The largest absolute Gasteiger partial charge is 0.508 e. The van der Waals surface area contributed by atoms with E-state index in [-0.39, 0.29) is 48.9 Å². The van der Waals surface area contributed by atoms with Gasteiger partial charge in [-0.25, -0.2) is 4.79 Å². The number of ether oxygens (including phenoxy) is 5. The van der Waals surface area contributed by atoms with E-state index >= 15 is 0 Å². The minimum absolute atomic E-state index is 0.0408. The van der Waals surface area contributed by atoms with Crippen molar-refractivity contribution in [1.82, 2.24) is 0 Å². The molecule has 0 amide bonds. The molecular weight excluding hydrogens is 518 g/mol. The SMILES string of the molecule is CC(C)CCOC(=O)O[C@@H](C)COC(=O)[C@@H](N)Cc1ccc(OC(=O)C(C)C(C)C)c(OC(=O)C(C)C(C)C)c1. The monoisotopic (exact) mass is 565 g/mol. The molecule has 40 heavy (non-hydrogen) atoms. The standard InChI is InChI=1S/C30H47NO9/c1-17(2)12-13-36-30(35)38-20(7)16-37-29(34)24(31)14-23-10-11-25(39-27(32)21(8)18(3)4)26(15-23)40-28(33)22(9)19(5)6/h10-11,15,17-22,24H,12-14,16,31H2,1-9H3/t20-,21?,22?,24-/m0/s1. The summed E-state index contributed by atoms with van der Waals surface area (Å²) in [5.41, 5.74) is 6.63. The first-order valence-corrected chi connectivity index (χ1v) is 13.9. The first-order chi connectivity index (χ1) is 18.6. The Bertz CT molecular complexity index is 989. The van der Waals surface area contributed by atoms with E-state index in [1.54, 1.807) is 26.8 Å². The van der Waals surface area contributed by atoms with Crippen molar-refractivity contribution in [2.45, 2.75) is 87.3 Å². The molecular formula is C30H47NO9. The van der Waals surface area contributed by atoms with Gasteiger partial charge in [-0.15, -0.1) is 0 Å². The number of carbonyl (C=O) groups excluding carboxylic acids is 4. The fourth-order valence-electron chi connectivity index (χ4n) is 3.04. The predicted octanol–water partition coefficient (Wildman–Crippen LogP) is 5.08. The van der Waals surface area contributed by atoms with Crippen LogP contribution in [-0.4, -0.2) is 49.4 Å². The van der Waals surface area contributed by atoms with Gasteiger partial charge in [-0.2, -0.15) is 0 Å². The van der Waals surface area contributed by atoms with Crippen LogP contribution in [-0.2, 0) is 35.0 Å². The van der Waals surface area contributed by atoms with Crippen molar-refractivity contribution in [3.8, 4) is 11.5 Å². The zero-order chi connectivity index (χ0) is 30.6. The van der Waals surface area contributed by atoms with Crippen LogP contribution in [0.3, 0.4) is 0 Å². The minimum Gasteiger partial charge on any atom is -0.461 e. The number of hydrogen-bond donors (Lipinski definition) is 1. The molecule has 10 heteroatoms. The average Bonchev–Trinajstić information content (AvgIpc) is 2.87. The number of hydrogen-bond acceptors (Lipinski definition) is 10. The molecule has 4 atom stereocenters. The molecule has 2 unspecified atom stereocenters. The molecule has 0 aliphatic carbocycles. The first kappa shape index (κ1) is 34.9. The molecule has 0 radical (unpaired) electrons. The van der Waals surface area contributed by atoms with Gasteiger partial charge in [0.25, 0.3) is 0 Å². The van der Waals surface area contributed by atoms with Gasteiger partial charge in [0.15, 0.2) is 11.5 Å². The highest BCUT2D eigenvalue weighted by Gasteiger charge is 2.25. The minimum atomic E-state index is -1.04. The van der Waals surface area contributed by atoms with Gasteiger partial charge in [-0.3, -0.25) is 14.4 Å². The van der Waals surface area contributed by atoms with E-state index in [2.05, 4.69) is 0 Å². The normalized spacial score (nSPS) is 14.3. The Balaban J connectivity index is 2.87. The van der Waals surface area contributed by atoms with Crippen LogP contribution in [0.5, 0.6) is 11.5 Å². The number of esters is 3. The summed E-state index contributed by atoms with van der Waals surface area (Å²) in [6.07, 6.45) is -0.776. The van der Waals surface area contributed by atoms with Crippen molar-refractivity contribution in [2.24, 2.45) is 35.3 Å². The highest BCUT2D eigenvalue weighted by Crippen LogP contribution is 2.31. The molecule has 0 saturated carbocycles. The zero-order valence-corrected chi connectivity index (χ0v) is 25.4. The van der Waals surface area contributed by atoms with Crippen LogP contribution >= 0.6 is 0 Å². The van der Waals surface area contributed by atoms with Crippen LogP contribution in [0, 0.1) is 29.6 Å². The molecule has 0 bridgehead atoms. The smallest absolute Gasteiger partial charge is 0.461 e. The van der Waals surface area contributed by atoms with Crippen LogP contribution in [0.2, 0.25) is 0 Å². The van der Waals surface area contributed by atoms with Crippen LogP contribution in [0.1, 0.15) is 74.3 Å². The van der Waals surface area contributed by atoms with E-state index in [0.29, 0.717) is 17.9 Å². The fraction of sp³-hybridized carbons (Fsp3) is 0.667. The Kier molecular flexibility index (Phi) is 14.7. The number of carbonyl (C=O) groups is 4. The Morgan fingerprint density at radius 1 is 0.750 bits per heavy atom. The first-order valence-electron chi connectivity index (χ1n) is 13.9. The van der Waals surface area contributed by atoms with Gasteiger partial charge >= 0.3 is 24.1 Å². The Morgan fingerprint density at radius 2 is 1.30 bits per heavy atom. The van der Waals surface area contributed by atoms with E-state index in [0.717, 1.165) is 0 Å². The molecule has 10 nitrogen and oxygen atoms in total. The van der Waals surface area contributed by atoms with E-state index in [1.165, 1.54) is 12.1 Å². The number of benzene rings is 1. The summed E-state index contributed by atoms with van der Waals surface area (Å²) in [6, 6.07) is 3.64. The molecule has 1 aromatic rings. The van der Waals surface area contributed by atoms with Crippen LogP contribution in [0.25, 0.3) is 0 Å². The number of rotatable bonds is 15. The lowest BCUT2D eigenvalue weighted by Gasteiger charge is -2.19. The van der Waals surface area contributed by atoms with Crippen molar-refractivity contribution in [2.75, 3.05) is 13.2 Å². The maximum absolute atomic E-state index is 12.7. The molecule has 0 aromatic heterocycles. The fourth-order valence-corrected chi connectivity index (χ4v) is 3.04. The third-order valence-corrected chi connectivity index (χ3v) is 6.60. The Labute approximate surface area is 238 Å². The summed E-state index contributed by atoms with van der Waals surface area (Å²) in [7, 11) is 0. The van der Waals surface area contributed by atoms with Gasteiger partial charge in [0.1, 0.15) is 18.8 Å². The maximum Gasteiger partial charge on any atom is 0.508 e. The van der Waals surface area contributed by atoms with Gasteiger partial charge in [-0.05, 0) is 55.2 Å². The van der Waals surface area contributed by atoms with E-state index < -0.39 is 42.1 Å². The Morgan fingerprint density at radius 3 is 1.82 bits per heavy atom. The van der Waals surface area contributed by atoms with Crippen LogP contribution in [0.15, 0.2) is 18.2 Å². The average molecular weight is 566 g/mol. The topological polar surface area (TPSA) is 140 Å². The molecule has 1 aromatic carbocycles. The second-order valence-electron chi connectivity index (χ2n) is 11.3. The van der Waals surface area contributed by atoms with Crippen molar-refractivity contribution < 1.29 is 42.9 Å². The second-order valence-corrected chi connectivity index (χ2v) is 11.3. The van der Waals surface area contributed by atoms with Gasteiger partial charge in [0, 0.05) is 0 Å². The van der Waals surface area contributed by atoms with E-state index in [9.17, 15) is 19.2 Å². The van der Waals surface area contributed by atoms with Gasteiger partial charge < -0.3 is 29.4 Å². The van der Waals surface area contributed by atoms with E-state index in [4.69, 9.17) is 29.4 Å². The molecule has 2 N–H and O–H groups in total. The van der Waals surface area contributed by atoms with Crippen LogP contribution in [0.4, 0.5) is 4.79 Å². The van der Waals surface area contributed by atoms with Crippen molar-refractivity contribution in [1.29, 1.82) is 0 Å². The highest BCUT2D eigenvalue weighted by atomic mass is 16.7. The lowest BCUT2D eigenvalue weighted by Crippen LogP contribution is -2.36. The Hall–Kier alpha value is -3.14. The lowest BCUT2D eigenvalue weighted by molar-refractivity contribution is -0.148. The van der Waals surface area contributed by atoms with Crippen molar-refractivity contribution in [3.63, 3.8) is 0 Å². The molecule has 0 aliphatic rings. The third kappa shape index (κ3) is 12.4. The summed E-state index contributed by atoms with van der Waals surface area (Å²) in [5, 5.41) is 0. The summed E-state index contributed by atoms with van der Waals surface area (Å²) < 4.78 is 26.4. The molecule has 1 rings (SSSR count). The highest BCUT2D eigenvalue weighted by molar-refractivity contribution is 5.79. The molecule has 0 aliphatic heterocycles. The van der Waals surface area contributed by atoms with Crippen LogP contribution < -0.4 is 15.2 Å². The number of nitrogens with two attached hydrogens (primary N) is 1. The maximum atomic E-state index is 12.7. The van der Waals surface area contributed by atoms with Crippen molar-refractivity contribution in [3.05, 3.63) is 23.8 Å².